The third-order valence-corrected chi connectivity index (χ3v) is 17.6. The second-order valence-electron chi connectivity index (χ2n) is 23.4. The van der Waals surface area contributed by atoms with Crippen LogP contribution in [0.4, 0.5) is 9.93 Å². The number of imide groups is 1. The van der Waals surface area contributed by atoms with Gasteiger partial charge in [-0.3, -0.25) is 34.1 Å². The van der Waals surface area contributed by atoms with Crippen molar-refractivity contribution in [1.29, 1.82) is 0 Å². The highest BCUT2D eigenvalue weighted by atomic mass is 32.1. The molecule has 7 aromatic rings. The van der Waals surface area contributed by atoms with Crippen molar-refractivity contribution in [3.05, 3.63) is 125 Å². The number of carbonyl (C=O) groups excluding carboxylic acids is 5. The molecule has 1 radical (unpaired) electrons. The summed E-state index contributed by atoms with van der Waals surface area (Å²) in [5.41, 5.74) is 5.80. The number of H-pyrrole nitrogens is 1. The second-order valence-corrected chi connectivity index (χ2v) is 24.5. The topological polar surface area (TPSA) is 249 Å². The van der Waals surface area contributed by atoms with Crippen molar-refractivity contribution in [2.24, 2.45) is 16.2 Å². The normalized spacial score (nSPS) is 21.5. The third-order valence-electron chi connectivity index (χ3n) is 16.7. The highest BCUT2D eigenvalue weighted by Gasteiger charge is 2.66. The van der Waals surface area contributed by atoms with E-state index in [-0.39, 0.29) is 79.7 Å². The number of ether oxygens (including phenoxy) is 4. The van der Waals surface area contributed by atoms with Gasteiger partial charge in [0.15, 0.2) is 10.8 Å². The van der Waals surface area contributed by atoms with Crippen molar-refractivity contribution in [2.75, 3.05) is 58.4 Å². The van der Waals surface area contributed by atoms with Gasteiger partial charge in [-0.1, -0.05) is 61.6 Å². The number of amides is 5. The summed E-state index contributed by atoms with van der Waals surface area (Å²) in [4.78, 5) is 91.0. The molecule has 12 rings (SSSR count). The Labute approximate surface area is 483 Å². The predicted octanol–water partition coefficient (Wildman–Crippen LogP) is 9.30. The summed E-state index contributed by atoms with van der Waals surface area (Å²) in [6.45, 7) is 10.9. The summed E-state index contributed by atoms with van der Waals surface area (Å²) >= 11 is 1.40. The fourth-order valence-electron chi connectivity index (χ4n) is 14.2. The molecule has 5 heterocycles. The number of carboxylic acid groups (broad SMARTS) is 1. The lowest BCUT2D eigenvalue weighted by Crippen LogP contribution is -2.64. The van der Waals surface area contributed by atoms with Crippen LogP contribution in [0.3, 0.4) is 0 Å². The zero-order chi connectivity index (χ0) is 58.3. The first-order valence-electron chi connectivity index (χ1n) is 27.9. The van der Waals surface area contributed by atoms with Crippen LogP contribution in [0.25, 0.3) is 43.6 Å². The molecule has 4 N–H and O–H groups in total. The van der Waals surface area contributed by atoms with Crippen LogP contribution in [0, 0.1) is 36.2 Å². The van der Waals surface area contributed by atoms with E-state index in [1.54, 1.807) is 43.6 Å². The van der Waals surface area contributed by atoms with Crippen molar-refractivity contribution in [2.45, 2.75) is 91.4 Å². The number of carbonyl (C=O) groups is 6. The number of aromatic carboxylic acids is 1. The first-order valence-corrected chi connectivity index (χ1v) is 28.7. The van der Waals surface area contributed by atoms with Gasteiger partial charge in [0.05, 0.1) is 64.3 Å². The van der Waals surface area contributed by atoms with Crippen LogP contribution in [0.2, 0.25) is 0 Å². The van der Waals surface area contributed by atoms with Gasteiger partial charge in [0, 0.05) is 79.6 Å². The van der Waals surface area contributed by atoms with Gasteiger partial charge >= 0.3 is 12.1 Å². The number of nitrogens with one attached hydrogen (secondary N) is 3. The molecule has 2 atom stereocenters. The number of thiazole rings is 1. The van der Waals surface area contributed by atoms with Crippen molar-refractivity contribution < 1.29 is 52.8 Å². The maximum Gasteiger partial charge on any atom is 0.409 e. The summed E-state index contributed by atoms with van der Waals surface area (Å²) in [5.74, 6) is -2.14. The van der Waals surface area contributed by atoms with E-state index in [1.165, 1.54) is 28.4 Å². The zero-order valence-corrected chi connectivity index (χ0v) is 47.9. The summed E-state index contributed by atoms with van der Waals surface area (Å²) in [5, 5.41) is 22.6. The summed E-state index contributed by atoms with van der Waals surface area (Å²) in [7, 11) is 1.70. The molecule has 4 bridgehead atoms. The Bertz CT molecular complexity index is 3660. The van der Waals surface area contributed by atoms with Crippen LogP contribution >= 0.6 is 11.3 Å². The quantitative estimate of drug-likeness (QED) is 0.0344. The molecule has 1 aliphatic heterocycles. The Balaban J connectivity index is 0.689. The highest BCUT2D eigenvalue weighted by molar-refractivity contribution is 7.22. The number of aromatic nitrogens is 5. The zero-order valence-electron chi connectivity index (χ0n) is 47.1. The Morgan fingerprint density at radius 3 is 2.43 bits per heavy atom. The third kappa shape index (κ3) is 11.9. The molecule has 4 aromatic heterocycles. The van der Waals surface area contributed by atoms with Gasteiger partial charge in [-0.05, 0) is 117 Å². The van der Waals surface area contributed by atoms with Gasteiger partial charge in [0.2, 0.25) is 5.91 Å². The Kier molecular flexibility index (Phi) is 15.6. The van der Waals surface area contributed by atoms with E-state index >= 15 is 0 Å². The number of aromatic amines is 1. The lowest BCUT2D eigenvalue weighted by Gasteiger charge is -2.69. The first-order chi connectivity index (χ1) is 39.8. The smallest absolute Gasteiger partial charge is 0.409 e. The van der Waals surface area contributed by atoms with Crippen molar-refractivity contribution in [3.63, 3.8) is 0 Å². The maximum atomic E-state index is 13.7. The maximum absolute atomic E-state index is 13.7. The number of hydrogen-bond donors (Lipinski definition) is 4. The Hall–Kier alpha value is -8.27. The Morgan fingerprint density at radius 2 is 1.66 bits per heavy atom. The molecule has 21 heteroatoms. The molecule has 0 spiro atoms. The SMILES string of the molecule is Cc1c(-c2ccc(-c3cnn(CC45CC6(C)CC(C)(C4)CC(OCCN(C)C(=O)OCc4cc[c]cc4OCCOCCNC(=O)CCN4C(=O)C=CC4=O)(C6)C5)c3C)c(C(=O)O)n2)[nH]c2c(C(=O)Nc3nc4ccccc4s3)cccc12. The molecule has 5 amide bonds. The average Bonchev–Trinajstić information content (AvgIpc) is 1.38. The fraction of sp³-hybridized carbons (Fsp3) is 0.403. The van der Waals surface area contributed by atoms with E-state index in [0.29, 0.717) is 69.7 Å². The number of nitrogens with zero attached hydrogens (tertiary/aromatic N) is 6. The molecule has 0 saturated heterocycles. The van der Waals surface area contributed by atoms with Gasteiger partial charge in [-0.25, -0.2) is 19.6 Å². The number of aryl methyl sites for hydroxylation is 1. The van der Waals surface area contributed by atoms with Crippen LogP contribution < -0.4 is 15.4 Å². The molecule has 3 aromatic carbocycles. The van der Waals surface area contributed by atoms with E-state index in [2.05, 4.69) is 40.5 Å². The van der Waals surface area contributed by atoms with E-state index < -0.39 is 29.5 Å². The minimum Gasteiger partial charge on any atom is -0.491 e. The van der Waals surface area contributed by atoms with E-state index in [1.807, 2.05) is 61.0 Å². The fourth-order valence-corrected chi connectivity index (χ4v) is 15.0. The van der Waals surface area contributed by atoms with Crippen LogP contribution in [-0.2, 0) is 41.7 Å². The predicted molar refractivity (Wildman–Crippen MR) is 310 cm³/mol. The molecule has 4 saturated carbocycles. The van der Waals surface area contributed by atoms with Crippen molar-refractivity contribution in [3.8, 4) is 28.3 Å². The number of carboxylic acids is 1. The molecule has 83 heavy (non-hydrogen) atoms. The van der Waals surface area contributed by atoms with Gasteiger partial charge in [0.1, 0.15) is 19.0 Å². The molecular weight excluding hydrogens is 1080 g/mol. The minimum absolute atomic E-state index is 0.00207. The summed E-state index contributed by atoms with van der Waals surface area (Å²) < 4.78 is 27.3. The van der Waals surface area contributed by atoms with E-state index in [4.69, 9.17) is 29.0 Å². The largest absolute Gasteiger partial charge is 0.491 e. The molecule has 4 aliphatic carbocycles. The number of anilines is 1. The molecule has 4 fully saturated rings. The summed E-state index contributed by atoms with van der Waals surface area (Å²) in [6, 6.07) is 25.0. The van der Waals surface area contributed by atoms with Crippen molar-refractivity contribution in [1.82, 2.24) is 39.8 Å². The number of likely N-dealkylation sites (N-methyl/N-ethyl adjacent to an activating group) is 1. The number of fused-ring (bicyclic) bond motifs is 2. The lowest BCUT2D eigenvalue weighted by molar-refractivity contribution is -0.248. The van der Waals surface area contributed by atoms with E-state index in [0.717, 1.165) is 70.3 Å². The minimum atomic E-state index is -1.17. The molecule has 431 valence electrons. The average molecular weight is 1150 g/mol. The van der Waals surface area contributed by atoms with Crippen LogP contribution in [0.5, 0.6) is 5.75 Å². The van der Waals surface area contributed by atoms with E-state index in [9.17, 15) is 33.9 Å². The molecular formula is C62H66N9O11S. The van der Waals surface area contributed by atoms with Gasteiger partial charge in [0.25, 0.3) is 17.7 Å². The lowest BCUT2D eigenvalue weighted by atomic mass is 9.39. The molecule has 20 nitrogen and oxygen atoms in total. The van der Waals surface area contributed by atoms with Gasteiger partial charge in [-0.2, -0.15) is 5.10 Å². The number of hydrogen-bond acceptors (Lipinski definition) is 14. The number of para-hydroxylation sites is 2. The molecule has 2 unspecified atom stereocenters. The van der Waals surface area contributed by atoms with Crippen molar-refractivity contribution >= 4 is 73.3 Å². The highest BCUT2D eigenvalue weighted by Crippen LogP contribution is 2.72. The van der Waals surface area contributed by atoms with Gasteiger partial charge < -0.3 is 39.3 Å². The van der Waals surface area contributed by atoms with Crippen LogP contribution in [-0.4, -0.2) is 134 Å². The van der Waals surface area contributed by atoms with Crippen LogP contribution in [0.15, 0.2) is 91.1 Å². The van der Waals surface area contributed by atoms with Gasteiger partial charge in [-0.15, -0.1) is 0 Å². The summed E-state index contributed by atoms with van der Waals surface area (Å²) in [6.07, 6.45) is 9.41. The van der Waals surface area contributed by atoms with Crippen LogP contribution in [0.1, 0.15) is 96.5 Å². The first kappa shape index (κ1) is 56.6. The monoisotopic (exact) mass is 1140 g/mol. The Morgan fingerprint density at radius 1 is 0.880 bits per heavy atom. The molecule has 5 aliphatic rings. The number of pyridine rings is 1. The standard InChI is InChI=1S/C62H66N9O11S/c1-38-41-12-10-13-43(55(75)68-57-66-45-14-7-9-16-48(45)83-57)53(41)67-52(38)46-18-17-42(54(65-46)56(76)77)44-29-64-71(39(44)2)37-61-32-59(3)31-60(4,33-61)35-62(34-59,36-61)82-26-24-69(5)58(78)81-30-40-11-6-8-15-47(40)80-28-27-79-25-22-63-49(72)21-23-70-50(73)19-20-51(70)74/h6-7,9-20,29,67H,21-28,30-37H2,1-5H3,(H,63,72)(H,76,77)(H,66,68,75). The second kappa shape index (κ2) is 22.8. The number of rotatable bonds is 23. The number of benzene rings is 3.